The van der Waals surface area contributed by atoms with Crippen molar-refractivity contribution in [3.8, 4) is 0 Å². The van der Waals surface area contributed by atoms with E-state index >= 15 is 0 Å². The second kappa shape index (κ2) is 7.93. The van der Waals surface area contributed by atoms with Crippen molar-refractivity contribution in [3.05, 3.63) is 51.3 Å². The van der Waals surface area contributed by atoms with Crippen LogP contribution in [0.25, 0.3) is 0 Å². The third-order valence-corrected chi connectivity index (χ3v) is 4.86. The van der Waals surface area contributed by atoms with Crippen LogP contribution in [-0.4, -0.2) is 35.1 Å². The molecular formula is C17H21ClF3N3S. The first kappa shape index (κ1) is 20.0. The molecule has 0 fully saturated rings. The lowest BCUT2D eigenvalue weighted by atomic mass is 9.95. The van der Waals surface area contributed by atoms with Gasteiger partial charge in [0.25, 0.3) is 0 Å². The first-order valence-electron chi connectivity index (χ1n) is 7.97. The van der Waals surface area contributed by atoms with E-state index in [-0.39, 0.29) is 18.0 Å². The van der Waals surface area contributed by atoms with E-state index in [4.69, 9.17) is 12.2 Å². The van der Waals surface area contributed by atoms with E-state index in [1.807, 2.05) is 18.7 Å². The first-order chi connectivity index (χ1) is 11.4. The fourth-order valence-corrected chi connectivity index (χ4v) is 3.70. The van der Waals surface area contributed by atoms with Gasteiger partial charge in [-0.3, -0.25) is 0 Å². The van der Waals surface area contributed by atoms with Gasteiger partial charge in [0, 0.05) is 29.4 Å². The Labute approximate surface area is 156 Å². The van der Waals surface area contributed by atoms with Gasteiger partial charge in [-0.1, -0.05) is 0 Å². The minimum Gasteiger partial charge on any atom is -0.334 e. The number of hydrogen-bond donors (Lipinski definition) is 1. The van der Waals surface area contributed by atoms with Gasteiger partial charge >= 0.3 is 0 Å². The zero-order valence-electron chi connectivity index (χ0n) is 14.1. The maximum absolute atomic E-state index is 14.1. The Hall–Kier alpha value is -1.31. The Bertz CT molecular complexity index is 816. The molecule has 1 aromatic carbocycles. The molecule has 0 saturated heterocycles. The molecule has 0 spiro atoms. The van der Waals surface area contributed by atoms with Crippen LogP contribution in [0.2, 0.25) is 0 Å². The monoisotopic (exact) mass is 391 g/mol. The molecule has 0 aliphatic carbocycles. The highest BCUT2D eigenvalue weighted by Crippen LogP contribution is 2.35. The van der Waals surface area contributed by atoms with Crippen LogP contribution < -0.4 is 0 Å². The number of fused-ring (bicyclic) bond motifs is 1. The Balaban J connectivity index is 0.00000225. The summed E-state index contributed by atoms with van der Waals surface area (Å²) in [5.41, 5.74) is 1.82. The van der Waals surface area contributed by atoms with Crippen LogP contribution in [-0.2, 0) is 19.4 Å². The molecule has 1 aromatic heterocycles. The van der Waals surface area contributed by atoms with E-state index in [1.165, 1.54) is 0 Å². The van der Waals surface area contributed by atoms with E-state index in [9.17, 15) is 13.2 Å². The van der Waals surface area contributed by atoms with Crippen molar-refractivity contribution in [2.45, 2.75) is 31.7 Å². The van der Waals surface area contributed by atoms with Crippen molar-refractivity contribution in [2.75, 3.05) is 20.6 Å². The second-order valence-corrected chi connectivity index (χ2v) is 6.92. The van der Waals surface area contributed by atoms with Crippen LogP contribution >= 0.6 is 24.6 Å². The molecule has 1 atom stereocenters. The average Bonchev–Trinajstić information content (AvgIpc) is 3.05. The Morgan fingerprint density at radius 3 is 2.60 bits per heavy atom. The number of aromatic amines is 1. The topological polar surface area (TPSA) is 24.0 Å². The quantitative estimate of drug-likeness (QED) is 0.609. The third-order valence-electron chi connectivity index (χ3n) is 4.54. The lowest BCUT2D eigenvalue weighted by Gasteiger charge is -2.13. The smallest absolute Gasteiger partial charge is 0.177 e. The van der Waals surface area contributed by atoms with Gasteiger partial charge < -0.3 is 14.5 Å². The summed E-state index contributed by atoms with van der Waals surface area (Å²) in [4.78, 5) is 5.30. The van der Waals surface area contributed by atoms with Crippen LogP contribution in [0, 0.1) is 22.2 Å². The zero-order valence-corrected chi connectivity index (χ0v) is 15.7. The predicted molar refractivity (Wildman–Crippen MR) is 96.5 cm³/mol. The molecule has 25 heavy (non-hydrogen) atoms. The molecule has 0 radical (unpaired) electrons. The summed E-state index contributed by atoms with van der Waals surface area (Å²) in [7, 11) is 4.02. The van der Waals surface area contributed by atoms with Gasteiger partial charge in [-0.2, -0.15) is 0 Å². The van der Waals surface area contributed by atoms with Crippen LogP contribution in [0.3, 0.4) is 0 Å². The summed E-state index contributed by atoms with van der Waals surface area (Å²) in [6.45, 7) is 1.32. The SMILES string of the molecule is CN(C)CCCc1[nH]c(=S)n2c1C[C@H](c1c(F)ccc(F)c1F)C2.Cl. The fraction of sp³-hybridized carbons (Fsp3) is 0.471. The zero-order chi connectivity index (χ0) is 17.4. The minimum atomic E-state index is -1.09. The standard InChI is InChI=1S/C17H20F3N3S.ClH/c1-22(2)7-3-4-13-14-8-10(9-23(14)17(24)21-13)15-11(18)5-6-12(19)16(15)20;/h5-6,10H,3-4,7-9H2,1-2H3,(H,21,24);1H/t10-;/m0./s1. The number of hydrogen-bond acceptors (Lipinski definition) is 2. The highest BCUT2D eigenvalue weighted by Gasteiger charge is 2.31. The number of halogens is 4. The molecule has 1 N–H and O–H groups in total. The summed E-state index contributed by atoms with van der Waals surface area (Å²) < 4.78 is 44.1. The van der Waals surface area contributed by atoms with Crippen molar-refractivity contribution >= 4 is 24.6 Å². The number of nitrogens with one attached hydrogen (secondary N) is 1. The Morgan fingerprint density at radius 2 is 1.92 bits per heavy atom. The van der Waals surface area contributed by atoms with Gasteiger partial charge in [-0.05, 0) is 64.3 Å². The van der Waals surface area contributed by atoms with Gasteiger partial charge in [0.2, 0.25) is 0 Å². The summed E-state index contributed by atoms with van der Waals surface area (Å²) in [6, 6.07) is 1.81. The minimum absolute atomic E-state index is 0. The van der Waals surface area contributed by atoms with Gasteiger partial charge in [-0.25, -0.2) is 13.2 Å². The molecule has 0 bridgehead atoms. The number of H-pyrrole nitrogens is 1. The van der Waals surface area contributed by atoms with Gasteiger partial charge in [0.15, 0.2) is 16.4 Å². The molecule has 0 unspecified atom stereocenters. The van der Waals surface area contributed by atoms with E-state index in [0.717, 1.165) is 42.9 Å². The number of benzene rings is 1. The van der Waals surface area contributed by atoms with Crippen molar-refractivity contribution in [1.82, 2.24) is 14.5 Å². The maximum atomic E-state index is 14.1. The number of aromatic nitrogens is 2. The van der Waals surface area contributed by atoms with Crippen molar-refractivity contribution < 1.29 is 13.2 Å². The number of aryl methyl sites for hydroxylation is 1. The largest absolute Gasteiger partial charge is 0.334 e. The second-order valence-electron chi connectivity index (χ2n) is 6.53. The van der Waals surface area contributed by atoms with Crippen LogP contribution in [0.4, 0.5) is 13.2 Å². The molecular weight excluding hydrogens is 371 g/mol. The van der Waals surface area contributed by atoms with Crippen molar-refractivity contribution in [3.63, 3.8) is 0 Å². The van der Waals surface area contributed by atoms with E-state index in [1.54, 1.807) is 0 Å². The highest BCUT2D eigenvalue weighted by molar-refractivity contribution is 7.71. The average molecular weight is 392 g/mol. The molecule has 1 aliphatic heterocycles. The summed E-state index contributed by atoms with van der Waals surface area (Å²) >= 11 is 5.33. The number of rotatable bonds is 5. The maximum Gasteiger partial charge on any atom is 0.177 e. The van der Waals surface area contributed by atoms with Gasteiger partial charge in [0.05, 0.1) is 0 Å². The molecule has 8 heteroatoms. The lowest BCUT2D eigenvalue weighted by molar-refractivity contribution is 0.399. The summed E-state index contributed by atoms with van der Waals surface area (Å²) in [5, 5.41) is 0. The van der Waals surface area contributed by atoms with E-state index in [0.29, 0.717) is 17.7 Å². The molecule has 3 rings (SSSR count). The molecule has 0 saturated carbocycles. The Kier molecular flexibility index (Phi) is 6.35. The van der Waals surface area contributed by atoms with Gasteiger partial charge in [-0.15, -0.1) is 12.4 Å². The van der Waals surface area contributed by atoms with Crippen molar-refractivity contribution in [1.29, 1.82) is 0 Å². The normalized spacial score (nSPS) is 16.2. The molecule has 138 valence electrons. The van der Waals surface area contributed by atoms with Crippen LogP contribution in [0.15, 0.2) is 12.1 Å². The summed E-state index contributed by atoms with van der Waals surface area (Å²) in [5.74, 6) is -3.23. The summed E-state index contributed by atoms with van der Waals surface area (Å²) in [6.07, 6.45) is 2.25. The van der Waals surface area contributed by atoms with E-state index < -0.39 is 23.4 Å². The predicted octanol–water partition coefficient (Wildman–Crippen LogP) is 4.22. The lowest BCUT2D eigenvalue weighted by Crippen LogP contribution is -2.14. The first-order valence-corrected chi connectivity index (χ1v) is 8.38. The van der Waals surface area contributed by atoms with Crippen molar-refractivity contribution in [2.24, 2.45) is 0 Å². The van der Waals surface area contributed by atoms with Crippen LogP contribution in [0.5, 0.6) is 0 Å². The van der Waals surface area contributed by atoms with Crippen LogP contribution in [0.1, 0.15) is 29.3 Å². The number of nitrogens with zero attached hydrogens (tertiary/aromatic N) is 2. The highest BCUT2D eigenvalue weighted by atomic mass is 35.5. The van der Waals surface area contributed by atoms with Gasteiger partial charge in [0.1, 0.15) is 5.82 Å². The molecule has 3 nitrogen and oxygen atoms in total. The third kappa shape index (κ3) is 3.93. The van der Waals surface area contributed by atoms with E-state index in [2.05, 4.69) is 9.88 Å². The molecule has 2 heterocycles. The Morgan fingerprint density at radius 1 is 1.24 bits per heavy atom. The number of imidazole rings is 1. The fourth-order valence-electron chi connectivity index (χ4n) is 3.39. The molecule has 0 amide bonds. The molecule has 2 aromatic rings. The molecule has 1 aliphatic rings.